The molecule has 1 aliphatic rings. The molecule has 0 unspecified atom stereocenters. The van der Waals surface area contributed by atoms with Crippen molar-refractivity contribution in [2.24, 2.45) is 0 Å². The standard InChI is InChI=1S/C14H13ClN2S/c1-9-7-13(17-14(15)16-9)18-12-6-5-10-3-2-4-11(10)8-12/h5-8H,2-4H2,1H3. The van der Waals surface area contributed by atoms with Gasteiger partial charge in [-0.3, -0.25) is 0 Å². The number of hydrogen-bond donors (Lipinski definition) is 0. The van der Waals surface area contributed by atoms with Crippen LogP contribution >= 0.6 is 23.4 Å². The molecular weight excluding hydrogens is 264 g/mol. The lowest BCUT2D eigenvalue weighted by molar-refractivity contribution is 0.911. The Morgan fingerprint density at radius 3 is 2.78 bits per heavy atom. The predicted octanol–water partition coefficient (Wildman–Crippen LogP) is 4.08. The van der Waals surface area contributed by atoms with Crippen molar-refractivity contribution in [3.05, 3.63) is 46.4 Å². The Morgan fingerprint density at radius 2 is 1.94 bits per heavy atom. The molecule has 2 nitrogen and oxygen atoms in total. The minimum atomic E-state index is 0.318. The van der Waals surface area contributed by atoms with Crippen molar-refractivity contribution in [3.8, 4) is 0 Å². The topological polar surface area (TPSA) is 25.8 Å². The van der Waals surface area contributed by atoms with Crippen molar-refractivity contribution in [1.29, 1.82) is 0 Å². The maximum atomic E-state index is 5.87. The molecule has 1 aromatic heterocycles. The van der Waals surface area contributed by atoms with Crippen LogP contribution in [0.15, 0.2) is 34.2 Å². The molecule has 0 atom stereocenters. The summed E-state index contributed by atoms with van der Waals surface area (Å²) < 4.78 is 0. The molecule has 0 spiro atoms. The summed E-state index contributed by atoms with van der Waals surface area (Å²) in [5.41, 5.74) is 3.88. The zero-order valence-corrected chi connectivity index (χ0v) is 11.7. The Balaban J connectivity index is 1.88. The van der Waals surface area contributed by atoms with E-state index in [9.17, 15) is 0 Å². The number of nitrogens with zero attached hydrogens (tertiary/aromatic N) is 2. The minimum Gasteiger partial charge on any atom is -0.223 e. The number of halogens is 1. The van der Waals surface area contributed by atoms with Crippen LogP contribution in [0.4, 0.5) is 0 Å². The minimum absolute atomic E-state index is 0.318. The SMILES string of the molecule is Cc1cc(Sc2ccc3c(c2)CCC3)nc(Cl)n1. The van der Waals surface area contributed by atoms with Gasteiger partial charge in [0.1, 0.15) is 5.03 Å². The fraction of sp³-hybridized carbons (Fsp3) is 0.286. The molecule has 0 fully saturated rings. The molecule has 0 aliphatic heterocycles. The highest BCUT2D eigenvalue weighted by molar-refractivity contribution is 7.99. The van der Waals surface area contributed by atoms with E-state index in [-0.39, 0.29) is 0 Å². The van der Waals surface area contributed by atoms with Gasteiger partial charge in [0, 0.05) is 10.6 Å². The van der Waals surface area contributed by atoms with Crippen LogP contribution in [-0.2, 0) is 12.8 Å². The van der Waals surface area contributed by atoms with Crippen LogP contribution in [0.3, 0.4) is 0 Å². The third-order valence-corrected chi connectivity index (χ3v) is 4.17. The summed E-state index contributed by atoms with van der Waals surface area (Å²) in [7, 11) is 0. The Morgan fingerprint density at radius 1 is 1.11 bits per heavy atom. The second-order valence-electron chi connectivity index (χ2n) is 4.50. The molecule has 1 aliphatic carbocycles. The smallest absolute Gasteiger partial charge is 0.223 e. The number of hydrogen-bond acceptors (Lipinski definition) is 3. The van der Waals surface area contributed by atoms with Gasteiger partial charge in [-0.2, -0.15) is 0 Å². The molecule has 4 heteroatoms. The van der Waals surface area contributed by atoms with Crippen LogP contribution in [-0.4, -0.2) is 9.97 Å². The van der Waals surface area contributed by atoms with Gasteiger partial charge in [0.2, 0.25) is 5.28 Å². The molecule has 1 heterocycles. The first-order chi connectivity index (χ1) is 8.70. The Hall–Kier alpha value is -1.06. The molecule has 18 heavy (non-hydrogen) atoms. The van der Waals surface area contributed by atoms with E-state index < -0.39 is 0 Å². The van der Waals surface area contributed by atoms with Gasteiger partial charge in [0.25, 0.3) is 0 Å². The van der Waals surface area contributed by atoms with Crippen molar-refractivity contribution in [2.75, 3.05) is 0 Å². The summed E-state index contributed by atoms with van der Waals surface area (Å²) in [5, 5.41) is 1.23. The van der Waals surface area contributed by atoms with Gasteiger partial charge < -0.3 is 0 Å². The number of fused-ring (bicyclic) bond motifs is 1. The zero-order valence-electron chi connectivity index (χ0n) is 10.1. The van der Waals surface area contributed by atoms with Crippen molar-refractivity contribution < 1.29 is 0 Å². The average molecular weight is 277 g/mol. The lowest BCUT2D eigenvalue weighted by Crippen LogP contribution is -1.89. The van der Waals surface area contributed by atoms with Gasteiger partial charge >= 0.3 is 0 Å². The summed E-state index contributed by atoms with van der Waals surface area (Å²) in [6.07, 6.45) is 3.70. The van der Waals surface area contributed by atoms with Gasteiger partial charge in [-0.25, -0.2) is 9.97 Å². The van der Waals surface area contributed by atoms with Crippen LogP contribution in [0.2, 0.25) is 5.28 Å². The van der Waals surface area contributed by atoms with Crippen LogP contribution in [0.5, 0.6) is 0 Å². The molecule has 0 saturated heterocycles. The summed E-state index contributed by atoms with van der Waals surface area (Å²) in [6.45, 7) is 1.93. The highest BCUT2D eigenvalue weighted by Gasteiger charge is 2.11. The third kappa shape index (κ3) is 2.52. The summed E-state index contributed by atoms with van der Waals surface area (Å²) in [5.74, 6) is 0. The summed E-state index contributed by atoms with van der Waals surface area (Å²) in [4.78, 5) is 9.54. The van der Waals surface area contributed by atoms with Crippen LogP contribution < -0.4 is 0 Å². The quantitative estimate of drug-likeness (QED) is 0.611. The monoisotopic (exact) mass is 276 g/mol. The summed E-state index contributed by atoms with van der Waals surface area (Å²) in [6, 6.07) is 8.64. The summed E-state index contributed by atoms with van der Waals surface area (Å²) >= 11 is 7.52. The third-order valence-electron chi connectivity index (χ3n) is 3.10. The fourth-order valence-corrected chi connectivity index (χ4v) is 3.50. The van der Waals surface area contributed by atoms with Gasteiger partial charge in [-0.1, -0.05) is 17.8 Å². The van der Waals surface area contributed by atoms with E-state index >= 15 is 0 Å². The second kappa shape index (κ2) is 4.90. The molecule has 0 N–H and O–H groups in total. The maximum absolute atomic E-state index is 5.87. The van der Waals surface area contributed by atoms with Crippen LogP contribution in [0, 0.1) is 6.92 Å². The second-order valence-corrected chi connectivity index (χ2v) is 5.93. The number of rotatable bonds is 2. The first-order valence-electron chi connectivity index (χ1n) is 6.01. The van der Waals surface area contributed by atoms with Crippen LogP contribution in [0.25, 0.3) is 0 Å². The molecule has 3 rings (SSSR count). The fourth-order valence-electron chi connectivity index (χ4n) is 2.29. The first kappa shape index (κ1) is 12.0. The zero-order chi connectivity index (χ0) is 12.5. The molecule has 2 aromatic rings. The van der Waals surface area contributed by atoms with Gasteiger partial charge in [0.15, 0.2) is 0 Å². The van der Waals surface area contributed by atoms with E-state index in [1.165, 1.54) is 35.3 Å². The lowest BCUT2D eigenvalue weighted by Gasteiger charge is -2.05. The predicted molar refractivity (Wildman–Crippen MR) is 74.4 cm³/mol. The van der Waals surface area contributed by atoms with E-state index in [2.05, 4.69) is 28.2 Å². The van der Waals surface area contributed by atoms with E-state index in [1.54, 1.807) is 11.8 Å². The van der Waals surface area contributed by atoms with E-state index in [0.717, 1.165) is 10.7 Å². The highest BCUT2D eigenvalue weighted by atomic mass is 35.5. The lowest BCUT2D eigenvalue weighted by atomic mass is 10.1. The van der Waals surface area contributed by atoms with Crippen LogP contribution in [0.1, 0.15) is 23.2 Å². The number of aromatic nitrogens is 2. The van der Waals surface area contributed by atoms with Crippen molar-refractivity contribution in [1.82, 2.24) is 9.97 Å². The molecule has 0 bridgehead atoms. The van der Waals surface area contributed by atoms with Gasteiger partial charge in [-0.15, -0.1) is 0 Å². The Labute approximate surface area is 116 Å². The Kier molecular flexibility index (Phi) is 3.27. The van der Waals surface area contributed by atoms with E-state index in [4.69, 9.17) is 11.6 Å². The number of benzene rings is 1. The molecule has 0 radical (unpaired) electrons. The van der Waals surface area contributed by atoms with E-state index in [1.807, 2.05) is 13.0 Å². The highest BCUT2D eigenvalue weighted by Crippen LogP contribution is 2.31. The Bertz CT molecular complexity index is 578. The van der Waals surface area contributed by atoms with Gasteiger partial charge in [0.05, 0.1) is 0 Å². The molecular formula is C14H13ClN2S. The molecule has 0 amide bonds. The number of aryl methyl sites for hydroxylation is 3. The average Bonchev–Trinajstić information content (AvgIpc) is 2.74. The van der Waals surface area contributed by atoms with E-state index in [0.29, 0.717) is 5.28 Å². The van der Waals surface area contributed by atoms with Crippen molar-refractivity contribution >= 4 is 23.4 Å². The first-order valence-corrected chi connectivity index (χ1v) is 7.21. The van der Waals surface area contributed by atoms with Gasteiger partial charge in [-0.05, 0) is 67.1 Å². The van der Waals surface area contributed by atoms with Crippen molar-refractivity contribution in [2.45, 2.75) is 36.1 Å². The van der Waals surface area contributed by atoms with Crippen molar-refractivity contribution in [3.63, 3.8) is 0 Å². The molecule has 92 valence electrons. The maximum Gasteiger partial charge on any atom is 0.223 e. The largest absolute Gasteiger partial charge is 0.223 e. The molecule has 0 saturated carbocycles. The molecule has 1 aromatic carbocycles. The normalized spacial score (nSPS) is 13.7.